The van der Waals surface area contributed by atoms with Gasteiger partial charge in [0.1, 0.15) is 0 Å². The zero-order valence-corrected chi connectivity index (χ0v) is 9.80. The highest BCUT2D eigenvalue weighted by Gasteiger charge is 2.32. The molecule has 2 unspecified atom stereocenters. The van der Waals surface area contributed by atoms with Gasteiger partial charge in [0.2, 0.25) is 0 Å². The molecule has 0 aromatic carbocycles. The van der Waals surface area contributed by atoms with Crippen LogP contribution < -0.4 is 0 Å². The first-order valence-electron chi connectivity index (χ1n) is 5.66. The molecule has 2 atom stereocenters. The van der Waals surface area contributed by atoms with Crippen LogP contribution in [0.2, 0.25) is 0 Å². The second-order valence-electron chi connectivity index (χ2n) is 4.06. The molecule has 0 radical (unpaired) electrons. The van der Waals surface area contributed by atoms with Crippen LogP contribution in [-0.2, 0) is 4.74 Å². The molecule has 1 aliphatic rings. The Labute approximate surface area is 95.2 Å². The Kier molecular flexibility index (Phi) is 4.92. The Balaban J connectivity index is 2.41. The maximum absolute atomic E-state index is 11.6. The number of rotatable bonds is 4. The maximum atomic E-state index is 11.6. The average Bonchev–Trinajstić information content (AvgIpc) is 2.60. The van der Waals surface area contributed by atoms with Crippen LogP contribution >= 0.6 is 0 Å². The number of amides is 1. The minimum atomic E-state index is -0.295. The van der Waals surface area contributed by atoms with Gasteiger partial charge in [0.15, 0.2) is 0 Å². The fraction of sp³-hybridized carbons (Fsp3) is 0.900. The van der Waals surface area contributed by atoms with Crippen molar-refractivity contribution in [2.75, 3.05) is 13.2 Å². The standard InChI is InChI=1S/C10H18N4O2/c1-3-4-5-16-10(15)14-7-9(12-13-11)6-8(14)2/h8-9H,3-7H2,1-2H3. The van der Waals surface area contributed by atoms with Gasteiger partial charge < -0.3 is 9.64 Å². The van der Waals surface area contributed by atoms with E-state index >= 15 is 0 Å². The lowest BCUT2D eigenvalue weighted by atomic mass is 10.2. The number of nitrogens with zero attached hydrogens (tertiary/aromatic N) is 4. The summed E-state index contributed by atoms with van der Waals surface area (Å²) in [6.45, 7) is 4.92. The van der Waals surface area contributed by atoms with Gasteiger partial charge in [0.25, 0.3) is 0 Å². The van der Waals surface area contributed by atoms with Crippen molar-refractivity contribution < 1.29 is 9.53 Å². The highest BCUT2D eigenvalue weighted by atomic mass is 16.6. The molecule has 90 valence electrons. The molecule has 1 rings (SSSR count). The van der Waals surface area contributed by atoms with Gasteiger partial charge in [0.05, 0.1) is 12.6 Å². The molecule has 1 fully saturated rings. The van der Waals surface area contributed by atoms with Gasteiger partial charge >= 0.3 is 6.09 Å². The average molecular weight is 226 g/mol. The zero-order valence-electron chi connectivity index (χ0n) is 9.80. The Bertz CT molecular complexity index is 289. The molecule has 0 saturated carbocycles. The Morgan fingerprint density at radius 2 is 2.44 bits per heavy atom. The summed E-state index contributed by atoms with van der Waals surface area (Å²) in [5.41, 5.74) is 8.33. The summed E-state index contributed by atoms with van der Waals surface area (Å²) in [5, 5.41) is 3.63. The van der Waals surface area contributed by atoms with Gasteiger partial charge in [-0.3, -0.25) is 0 Å². The predicted octanol–water partition coefficient (Wildman–Crippen LogP) is 2.70. The van der Waals surface area contributed by atoms with Crippen LogP contribution in [0.3, 0.4) is 0 Å². The molecule has 1 saturated heterocycles. The van der Waals surface area contributed by atoms with E-state index < -0.39 is 0 Å². The Hall–Kier alpha value is -1.42. The van der Waals surface area contributed by atoms with Crippen LogP contribution in [0.25, 0.3) is 10.4 Å². The van der Waals surface area contributed by atoms with E-state index in [1.54, 1.807) is 4.90 Å². The highest BCUT2D eigenvalue weighted by molar-refractivity contribution is 5.68. The summed E-state index contributed by atoms with van der Waals surface area (Å²) in [6, 6.07) is -0.0247. The topological polar surface area (TPSA) is 78.3 Å². The van der Waals surface area contributed by atoms with Crippen molar-refractivity contribution in [3.8, 4) is 0 Å². The van der Waals surface area contributed by atoms with Crippen molar-refractivity contribution in [3.63, 3.8) is 0 Å². The third kappa shape index (κ3) is 3.31. The number of carbonyl (C=O) groups is 1. The molecule has 0 N–H and O–H groups in total. The summed E-state index contributed by atoms with van der Waals surface area (Å²) in [4.78, 5) is 16.1. The summed E-state index contributed by atoms with van der Waals surface area (Å²) < 4.78 is 5.12. The lowest BCUT2D eigenvalue weighted by Crippen LogP contribution is -2.34. The molecule has 0 aromatic rings. The smallest absolute Gasteiger partial charge is 0.410 e. The first-order valence-corrected chi connectivity index (χ1v) is 5.66. The van der Waals surface area contributed by atoms with E-state index in [-0.39, 0.29) is 18.2 Å². The number of hydrogen-bond acceptors (Lipinski definition) is 3. The van der Waals surface area contributed by atoms with Crippen molar-refractivity contribution in [1.29, 1.82) is 0 Å². The van der Waals surface area contributed by atoms with Gasteiger partial charge in [-0.1, -0.05) is 18.5 Å². The van der Waals surface area contributed by atoms with Crippen LogP contribution in [0.4, 0.5) is 4.79 Å². The number of hydrogen-bond donors (Lipinski definition) is 0. The normalized spacial score (nSPS) is 24.0. The van der Waals surface area contributed by atoms with Gasteiger partial charge in [-0.25, -0.2) is 4.79 Å². The van der Waals surface area contributed by atoms with Crippen molar-refractivity contribution in [2.45, 2.75) is 45.2 Å². The van der Waals surface area contributed by atoms with Crippen molar-refractivity contribution in [3.05, 3.63) is 10.4 Å². The van der Waals surface area contributed by atoms with Crippen LogP contribution in [0, 0.1) is 0 Å². The molecule has 0 bridgehead atoms. The number of carbonyl (C=O) groups excluding carboxylic acids is 1. The quantitative estimate of drug-likeness (QED) is 0.320. The van der Waals surface area contributed by atoms with Crippen LogP contribution in [0.15, 0.2) is 5.11 Å². The van der Waals surface area contributed by atoms with E-state index in [4.69, 9.17) is 10.3 Å². The fourth-order valence-corrected chi connectivity index (χ4v) is 1.80. The van der Waals surface area contributed by atoms with E-state index in [0.29, 0.717) is 19.6 Å². The molecule has 6 nitrogen and oxygen atoms in total. The molecule has 0 aromatic heterocycles. The second-order valence-corrected chi connectivity index (χ2v) is 4.06. The summed E-state index contributed by atoms with van der Waals surface area (Å²) >= 11 is 0. The monoisotopic (exact) mass is 226 g/mol. The largest absolute Gasteiger partial charge is 0.449 e. The Morgan fingerprint density at radius 3 is 3.06 bits per heavy atom. The van der Waals surface area contributed by atoms with E-state index in [9.17, 15) is 4.79 Å². The molecule has 1 amide bonds. The van der Waals surface area contributed by atoms with E-state index in [0.717, 1.165) is 12.8 Å². The first kappa shape index (κ1) is 12.6. The van der Waals surface area contributed by atoms with Crippen molar-refractivity contribution in [1.82, 2.24) is 4.90 Å². The van der Waals surface area contributed by atoms with Gasteiger partial charge in [-0.15, -0.1) is 0 Å². The predicted molar refractivity (Wildman–Crippen MR) is 60.0 cm³/mol. The molecule has 0 spiro atoms. The second kappa shape index (κ2) is 6.23. The minimum absolute atomic E-state index is 0.0876. The SMILES string of the molecule is CCCCOC(=O)N1CC(N=[N+]=[N-])CC1C. The van der Waals surface area contributed by atoms with Gasteiger partial charge in [-0.05, 0) is 25.3 Å². The third-order valence-corrected chi connectivity index (χ3v) is 2.73. The molecule has 6 heteroatoms. The van der Waals surface area contributed by atoms with Crippen molar-refractivity contribution in [2.24, 2.45) is 5.11 Å². The van der Waals surface area contributed by atoms with Crippen molar-refractivity contribution >= 4 is 6.09 Å². The lowest BCUT2D eigenvalue weighted by Gasteiger charge is -2.20. The van der Waals surface area contributed by atoms with Gasteiger partial charge in [0, 0.05) is 17.5 Å². The van der Waals surface area contributed by atoms with E-state index in [1.165, 1.54) is 0 Å². The summed E-state index contributed by atoms with van der Waals surface area (Å²) in [7, 11) is 0. The minimum Gasteiger partial charge on any atom is -0.449 e. The van der Waals surface area contributed by atoms with E-state index in [1.807, 2.05) is 13.8 Å². The molecule has 0 aliphatic carbocycles. The van der Waals surface area contributed by atoms with Crippen LogP contribution in [0.5, 0.6) is 0 Å². The number of unbranched alkanes of at least 4 members (excludes halogenated alkanes) is 1. The fourth-order valence-electron chi connectivity index (χ4n) is 1.80. The molecule has 16 heavy (non-hydrogen) atoms. The number of likely N-dealkylation sites (tertiary alicyclic amines) is 1. The van der Waals surface area contributed by atoms with Crippen LogP contribution in [-0.4, -0.2) is 36.2 Å². The maximum Gasteiger partial charge on any atom is 0.410 e. The van der Waals surface area contributed by atoms with Gasteiger partial charge in [-0.2, -0.15) is 0 Å². The van der Waals surface area contributed by atoms with E-state index in [2.05, 4.69) is 10.0 Å². The zero-order chi connectivity index (χ0) is 12.0. The molecular weight excluding hydrogens is 208 g/mol. The lowest BCUT2D eigenvalue weighted by molar-refractivity contribution is 0.0990. The summed E-state index contributed by atoms with van der Waals surface area (Å²) in [6.07, 6.45) is 2.31. The molecule has 1 aliphatic heterocycles. The molecular formula is C10H18N4O2. The van der Waals surface area contributed by atoms with Crippen LogP contribution in [0.1, 0.15) is 33.1 Å². The highest BCUT2D eigenvalue weighted by Crippen LogP contribution is 2.20. The third-order valence-electron chi connectivity index (χ3n) is 2.73. The Morgan fingerprint density at radius 1 is 1.69 bits per heavy atom. The summed E-state index contributed by atoms with van der Waals surface area (Å²) in [5.74, 6) is 0. The molecule has 1 heterocycles. The number of ether oxygens (including phenoxy) is 1. The number of azide groups is 1. The first-order chi connectivity index (χ1) is 7.69.